The van der Waals surface area contributed by atoms with Crippen molar-refractivity contribution < 1.29 is 4.79 Å². The van der Waals surface area contributed by atoms with Gasteiger partial charge in [-0.1, -0.05) is 19.1 Å². The lowest BCUT2D eigenvalue weighted by Crippen LogP contribution is -2.54. The Morgan fingerprint density at radius 3 is 2.63 bits per heavy atom. The van der Waals surface area contributed by atoms with Crippen molar-refractivity contribution in [2.45, 2.75) is 33.6 Å². The summed E-state index contributed by atoms with van der Waals surface area (Å²) in [7, 11) is 0. The molecule has 0 aliphatic heterocycles. The number of aryl methyl sites for hydroxylation is 1. The maximum atomic E-state index is 12.8. The number of nitrogens with two attached hydrogens (primary N) is 1. The molecule has 1 aliphatic carbocycles. The number of hydrogen-bond acceptors (Lipinski definition) is 2. The summed E-state index contributed by atoms with van der Waals surface area (Å²) in [6.07, 6.45) is 1.84. The topological polar surface area (TPSA) is 46.3 Å². The van der Waals surface area contributed by atoms with E-state index in [1.165, 1.54) is 5.56 Å². The lowest BCUT2D eigenvalue weighted by atomic mass is 9.61. The van der Waals surface area contributed by atoms with E-state index in [1.54, 1.807) is 0 Å². The second kappa shape index (κ2) is 5.33. The molecule has 19 heavy (non-hydrogen) atoms. The quantitative estimate of drug-likeness (QED) is 0.904. The molecule has 1 aliphatic rings. The Kier molecular flexibility index (Phi) is 3.95. The van der Waals surface area contributed by atoms with Gasteiger partial charge in [-0.2, -0.15) is 0 Å². The van der Waals surface area contributed by atoms with Gasteiger partial charge in [0.2, 0.25) is 5.91 Å². The molecule has 1 saturated carbocycles. The van der Waals surface area contributed by atoms with Crippen LogP contribution in [-0.4, -0.2) is 19.0 Å². The molecule has 0 atom stereocenters. The second-order valence-corrected chi connectivity index (χ2v) is 5.89. The summed E-state index contributed by atoms with van der Waals surface area (Å²) < 4.78 is 0. The summed E-state index contributed by atoms with van der Waals surface area (Å²) in [6.45, 7) is 7.40. The molecular weight excluding hydrogens is 236 g/mol. The number of rotatable bonds is 4. The van der Waals surface area contributed by atoms with Crippen LogP contribution in [0.5, 0.6) is 0 Å². The van der Waals surface area contributed by atoms with Gasteiger partial charge < -0.3 is 10.6 Å². The van der Waals surface area contributed by atoms with Crippen molar-refractivity contribution in [1.29, 1.82) is 0 Å². The zero-order chi connectivity index (χ0) is 14.0. The molecule has 0 aromatic heterocycles. The molecule has 0 spiro atoms. The molecule has 0 unspecified atom stereocenters. The van der Waals surface area contributed by atoms with Gasteiger partial charge in [-0.05, 0) is 50.3 Å². The van der Waals surface area contributed by atoms with Gasteiger partial charge in [-0.3, -0.25) is 4.79 Å². The van der Waals surface area contributed by atoms with Gasteiger partial charge in [-0.25, -0.2) is 0 Å². The lowest BCUT2D eigenvalue weighted by Gasteiger charge is -2.46. The van der Waals surface area contributed by atoms with Crippen LogP contribution in [-0.2, 0) is 4.79 Å². The summed E-state index contributed by atoms with van der Waals surface area (Å²) >= 11 is 0. The third kappa shape index (κ3) is 2.52. The SMILES string of the molecule is CCN(C(=O)C1(CN)CC(C)C1)c1cccc(C)c1. The zero-order valence-electron chi connectivity index (χ0n) is 12.1. The minimum atomic E-state index is -0.320. The van der Waals surface area contributed by atoms with Crippen molar-refractivity contribution in [3.63, 3.8) is 0 Å². The van der Waals surface area contributed by atoms with Crippen molar-refractivity contribution in [2.24, 2.45) is 17.1 Å². The van der Waals surface area contributed by atoms with E-state index in [-0.39, 0.29) is 11.3 Å². The van der Waals surface area contributed by atoms with E-state index in [1.807, 2.05) is 36.9 Å². The largest absolute Gasteiger partial charge is 0.329 e. The fourth-order valence-corrected chi connectivity index (χ4v) is 3.23. The number of carbonyl (C=O) groups is 1. The maximum Gasteiger partial charge on any atom is 0.234 e. The van der Waals surface area contributed by atoms with Gasteiger partial charge >= 0.3 is 0 Å². The van der Waals surface area contributed by atoms with Crippen LogP contribution in [0.15, 0.2) is 24.3 Å². The standard InChI is InChI=1S/C16H24N2O/c1-4-18(14-7-5-6-12(2)8-14)15(19)16(11-17)9-13(3)10-16/h5-8,13H,4,9-11,17H2,1-3H3. The first-order valence-corrected chi connectivity index (χ1v) is 7.11. The molecular formula is C16H24N2O. The molecule has 1 fully saturated rings. The van der Waals surface area contributed by atoms with E-state index in [9.17, 15) is 4.79 Å². The number of benzene rings is 1. The average Bonchev–Trinajstić information content (AvgIpc) is 2.35. The first-order chi connectivity index (χ1) is 9.02. The molecule has 0 radical (unpaired) electrons. The second-order valence-electron chi connectivity index (χ2n) is 5.89. The molecule has 2 rings (SSSR count). The van der Waals surface area contributed by atoms with Crippen LogP contribution < -0.4 is 10.6 Å². The Balaban J connectivity index is 2.25. The van der Waals surface area contributed by atoms with Gasteiger partial charge in [0.15, 0.2) is 0 Å². The van der Waals surface area contributed by atoms with Crippen LogP contribution in [0.3, 0.4) is 0 Å². The monoisotopic (exact) mass is 260 g/mol. The minimum Gasteiger partial charge on any atom is -0.329 e. The minimum absolute atomic E-state index is 0.196. The smallest absolute Gasteiger partial charge is 0.234 e. The Bertz CT molecular complexity index is 464. The predicted octanol–water partition coefficient (Wildman–Crippen LogP) is 2.72. The van der Waals surface area contributed by atoms with Crippen LogP contribution in [0.2, 0.25) is 0 Å². The average molecular weight is 260 g/mol. The Labute approximate surface area is 115 Å². The number of amides is 1. The number of anilines is 1. The number of hydrogen-bond donors (Lipinski definition) is 1. The van der Waals surface area contributed by atoms with Crippen LogP contribution >= 0.6 is 0 Å². The third-order valence-corrected chi connectivity index (χ3v) is 4.20. The maximum absolute atomic E-state index is 12.8. The zero-order valence-corrected chi connectivity index (χ0v) is 12.1. The van der Waals surface area contributed by atoms with Crippen molar-refractivity contribution in [2.75, 3.05) is 18.0 Å². The predicted molar refractivity (Wildman–Crippen MR) is 79.1 cm³/mol. The van der Waals surface area contributed by atoms with Gasteiger partial charge in [0, 0.05) is 18.8 Å². The lowest BCUT2D eigenvalue weighted by molar-refractivity contribution is -0.135. The van der Waals surface area contributed by atoms with Crippen molar-refractivity contribution >= 4 is 11.6 Å². The van der Waals surface area contributed by atoms with Crippen molar-refractivity contribution in [1.82, 2.24) is 0 Å². The highest BCUT2D eigenvalue weighted by molar-refractivity contribution is 5.98. The van der Waals surface area contributed by atoms with Gasteiger partial charge in [0.1, 0.15) is 0 Å². The van der Waals surface area contributed by atoms with Crippen molar-refractivity contribution in [3.05, 3.63) is 29.8 Å². The highest BCUT2D eigenvalue weighted by Crippen LogP contribution is 2.46. The molecule has 1 aromatic carbocycles. The van der Waals surface area contributed by atoms with Gasteiger partial charge in [0.25, 0.3) is 0 Å². The summed E-state index contributed by atoms with van der Waals surface area (Å²) in [6, 6.07) is 8.11. The van der Waals surface area contributed by atoms with Crippen LogP contribution in [0.25, 0.3) is 0 Å². The van der Waals surface area contributed by atoms with E-state index >= 15 is 0 Å². The fraction of sp³-hybridized carbons (Fsp3) is 0.562. The third-order valence-electron chi connectivity index (χ3n) is 4.20. The Morgan fingerprint density at radius 1 is 1.47 bits per heavy atom. The van der Waals surface area contributed by atoms with E-state index in [2.05, 4.69) is 13.0 Å². The first kappa shape index (κ1) is 14.1. The van der Waals surface area contributed by atoms with E-state index in [4.69, 9.17) is 5.73 Å². The van der Waals surface area contributed by atoms with Crippen LogP contribution in [0.4, 0.5) is 5.69 Å². The summed E-state index contributed by atoms with van der Waals surface area (Å²) in [5, 5.41) is 0. The molecule has 2 N–H and O–H groups in total. The Morgan fingerprint density at radius 2 is 2.16 bits per heavy atom. The molecule has 0 bridgehead atoms. The molecule has 104 valence electrons. The Hall–Kier alpha value is -1.35. The molecule has 1 aromatic rings. The molecule has 0 heterocycles. The highest BCUT2D eigenvalue weighted by Gasteiger charge is 2.48. The summed E-state index contributed by atoms with van der Waals surface area (Å²) in [5.74, 6) is 0.810. The van der Waals surface area contributed by atoms with E-state index in [0.29, 0.717) is 19.0 Å². The number of nitrogens with zero attached hydrogens (tertiary/aromatic N) is 1. The van der Waals surface area contributed by atoms with E-state index in [0.717, 1.165) is 18.5 Å². The number of carbonyl (C=O) groups excluding carboxylic acids is 1. The van der Waals surface area contributed by atoms with Crippen LogP contribution in [0.1, 0.15) is 32.3 Å². The molecule has 1 amide bonds. The summed E-state index contributed by atoms with van der Waals surface area (Å²) in [5.41, 5.74) is 7.72. The fourth-order valence-electron chi connectivity index (χ4n) is 3.23. The highest BCUT2D eigenvalue weighted by atomic mass is 16.2. The molecule has 3 heteroatoms. The van der Waals surface area contributed by atoms with Gasteiger partial charge in [-0.15, -0.1) is 0 Å². The van der Waals surface area contributed by atoms with Crippen molar-refractivity contribution in [3.8, 4) is 0 Å². The van der Waals surface area contributed by atoms with E-state index < -0.39 is 0 Å². The van der Waals surface area contributed by atoms with Crippen LogP contribution in [0, 0.1) is 18.3 Å². The van der Waals surface area contributed by atoms with Gasteiger partial charge in [0.05, 0.1) is 5.41 Å². The summed E-state index contributed by atoms with van der Waals surface area (Å²) in [4.78, 5) is 14.7. The molecule has 3 nitrogen and oxygen atoms in total. The normalized spacial score (nSPS) is 25.8. The molecule has 0 saturated heterocycles. The first-order valence-electron chi connectivity index (χ1n) is 7.11.